The van der Waals surface area contributed by atoms with Crippen molar-refractivity contribution >= 4 is 65.6 Å². The van der Waals surface area contributed by atoms with Gasteiger partial charge in [-0.3, -0.25) is 0 Å². The minimum Gasteiger partial charge on any atom is -0.310 e. The highest BCUT2D eigenvalue weighted by atomic mass is 32.1. The first-order valence-electron chi connectivity index (χ1n) is 15.8. The maximum atomic E-state index is 2.49. The number of thiophene rings is 1. The van der Waals surface area contributed by atoms with Gasteiger partial charge in [-0.1, -0.05) is 119 Å². The Morgan fingerprint density at radius 1 is 0.422 bits per heavy atom. The number of hydrogen-bond donors (Lipinski definition) is 0. The van der Waals surface area contributed by atoms with E-state index in [1.807, 2.05) is 11.3 Å². The monoisotopic (exact) mass is 598 g/mol. The van der Waals surface area contributed by atoms with Crippen LogP contribution in [0.4, 0.5) is 34.1 Å². The Morgan fingerprint density at radius 3 is 1.38 bits per heavy atom. The van der Waals surface area contributed by atoms with Gasteiger partial charge in [0.1, 0.15) is 0 Å². The van der Waals surface area contributed by atoms with Crippen molar-refractivity contribution in [1.82, 2.24) is 0 Å². The Bertz CT molecular complexity index is 2210. The van der Waals surface area contributed by atoms with Crippen molar-refractivity contribution in [2.45, 2.75) is 38.5 Å². The molecule has 0 N–H and O–H groups in total. The molecule has 0 spiro atoms. The molecule has 0 bridgehead atoms. The summed E-state index contributed by atoms with van der Waals surface area (Å²) in [7, 11) is 0. The lowest BCUT2D eigenvalue weighted by Gasteiger charge is -2.42. The van der Waals surface area contributed by atoms with Gasteiger partial charge in [-0.15, -0.1) is 11.3 Å². The molecule has 0 unspecified atom stereocenters. The Hall–Kier alpha value is -4.86. The zero-order valence-corrected chi connectivity index (χ0v) is 26.8. The summed E-state index contributed by atoms with van der Waals surface area (Å²) in [5.74, 6) is 0. The van der Waals surface area contributed by atoms with Crippen molar-refractivity contribution in [2.24, 2.45) is 0 Å². The Morgan fingerprint density at radius 2 is 0.867 bits per heavy atom. The van der Waals surface area contributed by atoms with E-state index < -0.39 is 0 Å². The van der Waals surface area contributed by atoms with E-state index in [0.29, 0.717) is 0 Å². The maximum Gasteiger partial charge on any atom is 0.0640 e. The molecule has 45 heavy (non-hydrogen) atoms. The average molecular weight is 599 g/mol. The lowest BCUT2D eigenvalue weighted by atomic mass is 9.73. The highest BCUT2D eigenvalue weighted by Gasteiger charge is 2.38. The second-order valence-corrected chi connectivity index (χ2v) is 14.5. The van der Waals surface area contributed by atoms with E-state index in [9.17, 15) is 0 Å². The molecule has 0 fully saturated rings. The zero-order chi connectivity index (χ0) is 30.5. The third-order valence-corrected chi connectivity index (χ3v) is 11.4. The summed E-state index contributed by atoms with van der Waals surface area (Å²) in [4.78, 5) is 4.95. The highest BCUT2D eigenvalue weighted by molar-refractivity contribution is 7.26. The quantitative estimate of drug-likeness (QED) is 0.195. The van der Waals surface area contributed by atoms with Gasteiger partial charge in [-0.05, 0) is 64.7 Å². The molecule has 9 rings (SSSR count). The van der Waals surface area contributed by atoms with Crippen LogP contribution in [0.2, 0.25) is 0 Å². The molecule has 3 heteroatoms. The van der Waals surface area contributed by atoms with Crippen LogP contribution >= 0.6 is 11.3 Å². The standard InChI is InChI=1S/C42H34N2S/c1-41(2)30-15-5-9-19-34(30)43(35-20-10-6-16-31(35)41)27-24-25-28-29-14-13-23-38(40(29)45-39(28)26-27)44-36-21-11-7-17-32(36)42(3,4)33-18-8-12-22-37(33)44/h5-26H,1-4H3. The van der Waals surface area contributed by atoms with E-state index in [2.05, 4.69) is 171 Å². The van der Waals surface area contributed by atoms with Gasteiger partial charge < -0.3 is 9.80 Å². The number of nitrogens with zero attached hydrogens (tertiary/aromatic N) is 2. The largest absolute Gasteiger partial charge is 0.310 e. The molecule has 2 nitrogen and oxygen atoms in total. The van der Waals surface area contributed by atoms with Gasteiger partial charge in [0.25, 0.3) is 0 Å². The van der Waals surface area contributed by atoms with Gasteiger partial charge in [0, 0.05) is 32.0 Å². The van der Waals surface area contributed by atoms with Crippen LogP contribution in [0.25, 0.3) is 20.2 Å². The van der Waals surface area contributed by atoms with E-state index in [-0.39, 0.29) is 10.8 Å². The van der Waals surface area contributed by atoms with Crippen LogP contribution in [-0.2, 0) is 10.8 Å². The van der Waals surface area contributed by atoms with Crippen molar-refractivity contribution in [3.05, 3.63) is 156 Å². The summed E-state index contributed by atoms with van der Waals surface area (Å²) >= 11 is 1.90. The van der Waals surface area contributed by atoms with Crippen LogP contribution in [0.3, 0.4) is 0 Å². The molecule has 0 atom stereocenters. The van der Waals surface area contributed by atoms with Gasteiger partial charge in [0.15, 0.2) is 0 Å². The average Bonchev–Trinajstić information content (AvgIpc) is 3.44. The van der Waals surface area contributed by atoms with Crippen LogP contribution < -0.4 is 9.80 Å². The zero-order valence-electron chi connectivity index (χ0n) is 26.0. The topological polar surface area (TPSA) is 6.48 Å². The van der Waals surface area contributed by atoms with Crippen molar-refractivity contribution in [3.8, 4) is 0 Å². The van der Waals surface area contributed by atoms with Crippen LogP contribution in [0.1, 0.15) is 49.9 Å². The van der Waals surface area contributed by atoms with E-state index in [1.165, 1.54) is 76.6 Å². The predicted molar refractivity (Wildman–Crippen MR) is 193 cm³/mol. The molecule has 1 aromatic heterocycles. The molecule has 6 aromatic carbocycles. The molecular formula is C42H34N2S. The van der Waals surface area contributed by atoms with Gasteiger partial charge in [0.2, 0.25) is 0 Å². The summed E-state index contributed by atoms with van der Waals surface area (Å²) in [6, 6.07) is 49.5. The second kappa shape index (κ2) is 9.32. The molecule has 0 saturated carbocycles. The summed E-state index contributed by atoms with van der Waals surface area (Å²) in [5.41, 5.74) is 12.7. The van der Waals surface area contributed by atoms with Gasteiger partial charge >= 0.3 is 0 Å². The normalized spacial score (nSPS) is 15.8. The molecule has 0 saturated heterocycles. The van der Waals surface area contributed by atoms with E-state index in [1.54, 1.807) is 0 Å². The molecular weight excluding hydrogens is 565 g/mol. The minimum atomic E-state index is -0.0811. The lowest BCUT2D eigenvalue weighted by Crippen LogP contribution is -2.30. The fourth-order valence-corrected chi connectivity index (χ4v) is 9.20. The molecule has 7 aromatic rings. The highest BCUT2D eigenvalue weighted by Crippen LogP contribution is 2.55. The number of para-hydroxylation sites is 4. The molecule has 0 aliphatic carbocycles. The van der Waals surface area contributed by atoms with Crippen LogP contribution in [0.5, 0.6) is 0 Å². The Balaban J connectivity index is 1.26. The first-order valence-corrected chi connectivity index (χ1v) is 16.6. The summed E-state index contributed by atoms with van der Waals surface area (Å²) in [6.45, 7) is 9.39. The smallest absolute Gasteiger partial charge is 0.0640 e. The predicted octanol–water partition coefficient (Wildman–Crippen LogP) is 12.3. The van der Waals surface area contributed by atoms with Crippen LogP contribution in [0.15, 0.2) is 133 Å². The fourth-order valence-electron chi connectivity index (χ4n) is 7.96. The summed E-state index contributed by atoms with van der Waals surface area (Å²) in [6.07, 6.45) is 0. The van der Waals surface area contributed by atoms with Crippen molar-refractivity contribution < 1.29 is 0 Å². The van der Waals surface area contributed by atoms with Gasteiger partial charge in [-0.2, -0.15) is 0 Å². The van der Waals surface area contributed by atoms with Gasteiger partial charge in [-0.25, -0.2) is 0 Å². The third-order valence-electron chi connectivity index (χ3n) is 10.2. The number of fused-ring (bicyclic) bond motifs is 7. The maximum absolute atomic E-state index is 2.49. The lowest BCUT2D eigenvalue weighted by molar-refractivity contribution is 0.632. The molecule has 218 valence electrons. The molecule has 2 aliphatic heterocycles. The second-order valence-electron chi connectivity index (χ2n) is 13.4. The number of rotatable bonds is 2. The number of anilines is 6. The summed E-state index contributed by atoms with van der Waals surface area (Å²) in [5, 5.41) is 2.61. The number of hydrogen-bond acceptors (Lipinski definition) is 3. The van der Waals surface area contributed by atoms with Crippen molar-refractivity contribution in [1.29, 1.82) is 0 Å². The number of benzene rings is 6. The SMILES string of the molecule is CC1(C)c2ccccc2N(c2ccc3c(c2)sc2c(N4c5ccccc5C(C)(C)c5ccccc54)cccc23)c2ccccc21. The molecule has 2 aliphatic rings. The van der Waals surface area contributed by atoms with E-state index in [0.717, 1.165) is 0 Å². The third kappa shape index (κ3) is 3.62. The van der Waals surface area contributed by atoms with E-state index >= 15 is 0 Å². The van der Waals surface area contributed by atoms with E-state index in [4.69, 9.17) is 0 Å². The van der Waals surface area contributed by atoms with Gasteiger partial charge in [0.05, 0.1) is 33.1 Å². The fraction of sp³-hybridized carbons (Fsp3) is 0.143. The van der Waals surface area contributed by atoms with Crippen molar-refractivity contribution in [3.63, 3.8) is 0 Å². The summed E-state index contributed by atoms with van der Waals surface area (Å²) < 4.78 is 2.61. The van der Waals surface area contributed by atoms with Crippen LogP contribution in [0, 0.1) is 0 Å². The Kier molecular flexibility index (Phi) is 5.50. The first kappa shape index (κ1) is 26.5. The molecule has 0 radical (unpaired) electrons. The molecule has 3 heterocycles. The minimum absolute atomic E-state index is 0.0735. The first-order chi connectivity index (χ1) is 21.9. The Labute approximate surface area is 268 Å². The van der Waals surface area contributed by atoms with Crippen LogP contribution in [-0.4, -0.2) is 0 Å². The van der Waals surface area contributed by atoms with Crippen molar-refractivity contribution in [2.75, 3.05) is 9.80 Å². The molecule has 0 amide bonds.